The van der Waals surface area contributed by atoms with Gasteiger partial charge in [-0.3, -0.25) is 4.99 Å². The van der Waals surface area contributed by atoms with E-state index in [0.29, 0.717) is 5.15 Å². The summed E-state index contributed by atoms with van der Waals surface area (Å²) in [6, 6.07) is 23.8. The molecule has 176 valence electrons. The largest absolute Gasteiger partial charge is 0.288 e. The van der Waals surface area contributed by atoms with Gasteiger partial charge in [0, 0.05) is 31.9 Å². The Hall–Kier alpha value is -2.87. The smallest absolute Gasteiger partial charge is 0.154 e. The fraction of sp³-hybridized carbons (Fsp3) is 0.111. The number of nitrogens with zero attached hydrogens (tertiary/aromatic N) is 5. The Kier molecular flexibility index (Phi) is 8.44. The molecule has 0 N–H and O–H groups in total. The van der Waals surface area contributed by atoms with E-state index in [0.717, 1.165) is 43.6 Å². The quantitative estimate of drug-likeness (QED) is 0.181. The maximum Gasteiger partial charge on any atom is 0.154 e. The molecule has 1 aliphatic heterocycles. The minimum Gasteiger partial charge on any atom is -0.288 e. The maximum atomic E-state index is 5.53. The predicted molar refractivity (Wildman–Crippen MR) is 151 cm³/mol. The van der Waals surface area contributed by atoms with Crippen LogP contribution in [0.2, 0.25) is 5.15 Å². The van der Waals surface area contributed by atoms with Crippen molar-refractivity contribution in [3.63, 3.8) is 0 Å². The lowest BCUT2D eigenvalue weighted by Gasteiger charge is -2.03. The van der Waals surface area contributed by atoms with E-state index in [1.54, 1.807) is 6.07 Å². The van der Waals surface area contributed by atoms with Gasteiger partial charge in [0.15, 0.2) is 5.82 Å². The molecule has 0 fully saturated rings. The average Bonchev–Trinajstić information content (AvgIpc) is 3.46. The third kappa shape index (κ3) is 6.84. The van der Waals surface area contributed by atoms with Crippen LogP contribution >= 0.6 is 43.5 Å². The summed E-state index contributed by atoms with van der Waals surface area (Å²) in [6.07, 6.45) is 3.77. The standard InChI is InChI=1S/C13H10BrN3.C8H6BrN.C6H6ClN/c1-9-3-2-4-13(16-9)17-12-7-11(14)6-5-10(12)8-15-17;9-8-2-1-6-4-10-5-7(6)3-8;1-5-3-2-4-6(7)8-5/h2-8H,1H3;1-4H,5H2;2-4H,1H3. The summed E-state index contributed by atoms with van der Waals surface area (Å²) >= 11 is 12.4. The van der Waals surface area contributed by atoms with E-state index < -0.39 is 0 Å². The highest BCUT2D eigenvalue weighted by Crippen LogP contribution is 2.22. The Labute approximate surface area is 226 Å². The number of aryl methyl sites for hydroxylation is 2. The van der Waals surface area contributed by atoms with Gasteiger partial charge in [-0.2, -0.15) is 5.10 Å². The molecule has 0 saturated carbocycles. The first kappa shape index (κ1) is 25.2. The van der Waals surface area contributed by atoms with E-state index in [-0.39, 0.29) is 0 Å². The van der Waals surface area contributed by atoms with Crippen LogP contribution in [0.5, 0.6) is 0 Å². The summed E-state index contributed by atoms with van der Waals surface area (Å²) in [4.78, 5) is 12.6. The zero-order chi connectivity index (χ0) is 24.8. The molecule has 0 saturated heterocycles. The van der Waals surface area contributed by atoms with Crippen LogP contribution in [0.25, 0.3) is 16.7 Å². The summed E-state index contributed by atoms with van der Waals surface area (Å²) in [5.74, 6) is 0.845. The molecule has 2 aromatic carbocycles. The number of aliphatic imine (C=N–C) groups is 1. The van der Waals surface area contributed by atoms with Gasteiger partial charge in [-0.1, -0.05) is 67.7 Å². The minimum atomic E-state index is 0.560. The highest BCUT2D eigenvalue weighted by atomic mass is 79.9. The van der Waals surface area contributed by atoms with E-state index in [1.165, 1.54) is 11.1 Å². The molecule has 0 radical (unpaired) electrons. The number of benzene rings is 2. The van der Waals surface area contributed by atoms with Crippen molar-refractivity contribution in [1.29, 1.82) is 0 Å². The van der Waals surface area contributed by atoms with Gasteiger partial charge in [0.1, 0.15) is 5.15 Å². The van der Waals surface area contributed by atoms with Gasteiger partial charge < -0.3 is 0 Å². The molecule has 8 heteroatoms. The van der Waals surface area contributed by atoms with E-state index in [9.17, 15) is 0 Å². The molecular formula is C27H22Br2ClN5. The monoisotopic (exact) mass is 609 g/mol. The van der Waals surface area contributed by atoms with Gasteiger partial charge in [0.25, 0.3) is 0 Å². The lowest BCUT2D eigenvalue weighted by molar-refractivity contribution is 0.867. The van der Waals surface area contributed by atoms with E-state index in [1.807, 2.05) is 85.5 Å². The molecular weight excluding hydrogens is 590 g/mol. The number of pyridine rings is 2. The van der Waals surface area contributed by atoms with Crippen LogP contribution in [0.15, 0.2) is 92.9 Å². The Morgan fingerprint density at radius 3 is 2.26 bits per heavy atom. The van der Waals surface area contributed by atoms with Crippen molar-refractivity contribution >= 4 is 60.6 Å². The van der Waals surface area contributed by atoms with Gasteiger partial charge in [0.05, 0.1) is 18.3 Å². The SMILES string of the molecule is Brc1ccc2c(c1)CN=C2.Cc1cccc(-n2ncc3ccc(Br)cc32)n1.Cc1cccc(Cl)n1. The Morgan fingerprint density at radius 2 is 1.54 bits per heavy atom. The predicted octanol–water partition coefficient (Wildman–Crippen LogP) is 7.92. The summed E-state index contributed by atoms with van der Waals surface area (Å²) in [7, 11) is 0. The lowest BCUT2D eigenvalue weighted by atomic mass is 10.1. The minimum absolute atomic E-state index is 0.560. The van der Waals surface area contributed by atoms with Crippen molar-refractivity contribution in [3.8, 4) is 5.82 Å². The first-order valence-electron chi connectivity index (χ1n) is 10.8. The topological polar surface area (TPSA) is 56.0 Å². The number of fused-ring (bicyclic) bond motifs is 2. The van der Waals surface area contributed by atoms with Crippen molar-refractivity contribution in [2.24, 2.45) is 4.99 Å². The van der Waals surface area contributed by atoms with Gasteiger partial charge in [-0.15, -0.1) is 0 Å². The molecule has 3 aromatic heterocycles. The highest BCUT2D eigenvalue weighted by Gasteiger charge is 2.06. The molecule has 0 bridgehead atoms. The third-order valence-corrected chi connectivity index (χ3v) is 6.27. The molecule has 5 aromatic rings. The van der Waals surface area contributed by atoms with Crippen molar-refractivity contribution in [1.82, 2.24) is 19.7 Å². The van der Waals surface area contributed by atoms with Crippen LogP contribution in [-0.2, 0) is 6.54 Å². The van der Waals surface area contributed by atoms with Crippen molar-refractivity contribution in [2.45, 2.75) is 20.4 Å². The number of hydrogen-bond donors (Lipinski definition) is 0. The second kappa shape index (κ2) is 11.7. The van der Waals surface area contributed by atoms with Crippen LogP contribution in [0.4, 0.5) is 0 Å². The van der Waals surface area contributed by atoms with E-state index >= 15 is 0 Å². The molecule has 5 nitrogen and oxygen atoms in total. The molecule has 35 heavy (non-hydrogen) atoms. The third-order valence-electron chi connectivity index (χ3n) is 5.07. The number of hydrogen-bond acceptors (Lipinski definition) is 4. The van der Waals surface area contributed by atoms with Crippen LogP contribution in [0, 0.1) is 13.8 Å². The van der Waals surface area contributed by atoms with Gasteiger partial charge in [0.2, 0.25) is 0 Å². The fourth-order valence-electron chi connectivity index (χ4n) is 3.41. The summed E-state index contributed by atoms with van der Waals surface area (Å²) in [5, 5.41) is 6.05. The molecule has 0 spiro atoms. The number of aromatic nitrogens is 4. The Bertz CT molecular complexity index is 1480. The Morgan fingerprint density at radius 1 is 0.829 bits per heavy atom. The molecule has 0 aliphatic carbocycles. The molecule has 4 heterocycles. The van der Waals surface area contributed by atoms with Crippen molar-refractivity contribution in [3.05, 3.63) is 116 Å². The van der Waals surface area contributed by atoms with Gasteiger partial charge in [-0.25, -0.2) is 14.6 Å². The van der Waals surface area contributed by atoms with Crippen LogP contribution in [-0.4, -0.2) is 26.0 Å². The zero-order valence-electron chi connectivity index (χ0n) is 19.2. The van der Waals surface area contributed by atoms with Gasteiger partial charge >= 0.3 is 0 Å². The second-order valence-corrected chi connectivity index (χ2v) is 10.0. The van der Waals surface area contributed by atoms with Crippen LogP contribution in [0.1, 0.15) is 22.5 Å². The fourth-order valence-corrected chi connectivity index (χ4v) is 4.37. The normalized spacial score (nSPS) is 11.3. The lowest BCUT2D eigenvalue weighted by Crippen LogP contribution is -1.99. The summed E-state index contributed by atoms with van der Waals surface area (Å²) in [5.41, 5.74) is 5.56. The molecule has 6 rings (SSSR count). The van der Waals surface area contributed by atoms with Crippen molar-refractivity contribution < 1.29 is 0 Å². The van der Waals surface area contributed by atoms with E-state index in [2.05, 4.69) is 64.1 Å². The van der Waals surface area contributed by atoms with E-state index in [4.69, 9.17) is 11.6 Å². The average molecular weight is 612 g/mol. The molecule has 0 atom stereocenters. The highest BCUT2D eigenvalue weighted by molar-refractivity contribution is 9.10. The maximum absolute atomic E-state index is 5.53. The zero-order valence-corrected chi connectivity index (χ0v) is 23.1. The first-order chi connectivity index (χ1) is 16.9. The van der Waals surface area contributed by atoms with Crippen LogP contribution in [0.3, 0.4) is 0 Å². The second-order valence-electron chi connectivity index (χ2n) is 7.81. The molecule has 0 amide bonds. The summed E-state index contributed by atoms with van der Waals surface area (Å²) < 4.78 is 4.03. The summed E-state index contributed by atoms with van der Waals surface area (Å²) in [6.45, 7) is 4.73. The molecule has 0 unspecified atom stereocenters. The Balaban J connectivity index is 0.000000136. The van der Waals surface area contributed by atoms with Crippen LogP contribution < -0.4 is 0 Å². The number of halogens is 3. The number of rotatable bonds is 1. The first-order valence-corrected chi connectivity index (χ1v) is 12.8. The molecule has 1 aliphatic rings. The van der Waals surface area contributed by atoms with Gasteiger partial charge in [-0.05, 0) is 73.5 Å². The van der Waals surface area contributed by atoms with Crippen molar-refractivity contribution in [2.75, 3.05) is 0 Å².